The summed E-state index contributed by atoms with van der Waals surface area (Å²) in [6.45, 7) is 6.95. The van der Waals surface area contributed by atoms with E-state index in [9.17, 15) is 4.79 Å². The van der Waals surface area contributed by atoms with Crippen LogP contribution in [-0.2, 0) is 11.3 Å². The number of hydrogen-bond acceptors (Lipinski definition) is 4. The second-order valence-electron chi connectivity index (χ2n) is 4.95. The lowest BCUT2D eigenvalue weighted by Crippen LogP contribution is -2.35. The molecule has 0 spiro atoms. The smallest absolute Gasteiger partial charge is 0.224 e. The summed E-state index contributed by atoms with van der Waals surface area (Å²) < 4.78 is 0. The van der Waals surface area contributed by atoms with E-state index in [1.807, 2.05) is 33.9 Å². The van der Waals surface area contributed by atoms with Gasteiger partial charge in [0.25, 0.3) is 0 Å². The third-order valence-electron chi connectivity index (χ3n) is 3.29. The average Bonchev–Trinajstić information content (AvgIpc) is 2.36. The molecule has 5 heteroatoms. The molecule has 1 atom stereocenters. The van der Waals surface area contributed by atoms with Crippen LogP contribution in [0.4, 0.5) is 5.69 Å². The zero-order valence-corrected chi connectivity index (χ0v) is 12.4. The highest BCUT2D eigenvalue weighted by atomic mass is 16.1. The van der Waals surface area contributed by atoms with E-state index in [4.69, 9.17) is 5.73 Å². The van der Waals surface area contributed by atoms with Gasteiger partial charge < -0.3 is 16.0 Å². The number of nitrogens with two attached hydrogens (primary N) is 1. The van der Waals surface area contributed by atoms with Crippen LogP contribution in [0.2, 0.25) is 0 Å². The van der Waals surface area contributed by atoms with Gasteiger partial charge in [-0.2, -0.15) is 0 Å². The van der Waals surface area contributed by atoms with Crippen molar-refractivity contribution < 1.29 is 4.79 Å². The van der Waals surface area contributed by atoms with Crippen LogP contribution >= 0.6 is 0 Å². The molecule has 0 aliphatic carbocycles. The molecule has 0 aromatic carbocycles. The van der Waals surface area contributed by atoms with Gasteiger partial charge in [0.1, 0.15) is 0 Å². The molecule has 0 saturated heterocycles. The van der Waals surface area contributed by atoms with Crippen LogP contribution in [0.25, 0.3) is 0 Å². The topological polar surface area (TPSA) is 71.2 Å². The monoisotopic (exact) mass is 264 g/mol. The highest BCUT2D eigenvalue weighted by Crippen LogP contribution is 2.23. The van der Waals surface area contributed by atoms with E-state index in [-0.39, 0.29) is 11.8 Å². The van der Waals surface area contributed by atoms with E-state index < -0.39 is 0 Å². The molecule has 0 saturated carbocycles. The normalized spacial score (nSPS) is 12.1. The van der Waals surface area contributed by atoms with Gasteiger partial charge in [-0.25, -0.2) is 0 Å². The molecule has 0 aliphatic heterocycles. The van der Waals surface area contributed by atoms with Crippen molar-refractivity contribution in [3.8, 4) is 0 Å². The lowest BCUT2D eigenvalue weighted by atomic mass is 10.1. The average molecular weight is 264 g/mol. The standard InChI is InChI=1S/C14H24N4O/c1-9(14(19)16-4)8-18(5)13-6-10(2)17-11(3)12(13)7-15/h6,9H,7-8,15H2,1-5H3,(H,16,19). The maximum absolute atomic E-state index is 11.6. The maximum atomic E-state index is 11.6. The first-order chi connectivity index (χ1) is 8.90. The number of rotatable bonds is 5. The number of amides is 1. The third kappa shape index (κ3) is 3.67. The number of anilines is 1. The SMILES string of the molecule is CNC(=O)C(C)CN(C)c1cc(C)nc(C)c1CN. The molecule has 1 heterocycles. The van der Waals surface area contributed by atoms with Crippen molar-refractivity contribution in [3.63, 3.8) is 0 Å². The minimum absolute atomic E-state index is 0.0450. The fourth-order valence-corrected chi connectivity index (χ4v) is 2.27. The van der Waals surface area contributed by atoms with E-state index in [1.165, 1.54) is 0 Å². The first-order valence-corrected chi connectivity index (χ1v) is 6.50. The van der Waals surface area contributed by atoms with E-state index in [0.29, 0.717) is 13.1 Å². The van der Waals surface area contributed by atoms with Gasteiger partial charge in [0, 0.05) is 49.8 Å². The van der Waals surface area contributed by atoms with Crippen molar-refractivity contribution in [2.75, 3.05) is 25.5 Å². The molecule has 1 aromatic heterocycles. The Bertz CT molecular complexity index is 459. The van der Waals surface area contributed by atoms with Crippen LogP contribution in [0.1, 0.15) is 23.9 Å². The van der Waals surface area contributed by atoms with E-state index in [2.05, 4.69) is 15.2 Å². The number of aromatic nitrogens is 1. The van der Waals surface area contributed by atoms with Crippen LogP contribution in [-0.4, -0.2) is 31.5 Å². The van der Waals surface area contributed by atoms with Crippen LogP contribution in [0.15, 0.2) is 6.07 Å². The molecule has 1 aromatic rings. The molecule has 0 radical (unpaired) electrons. The number of carbonyl (C=O) groups is 1. The Morgan fingerprint density at radius 2 is 2.16 bits per heavy atom. The molecule has 0 aliphatic rings. The lowest BCUT2D eigenvalue weighted by molar-refractivity contribution is -0.123. The zero-order chi connectivity index (χ0) is 14.6. The quantitative estimate of drug-likeness (QED) is 0.831. The Morgan fingerprint density at radius 1 is 1.53 bits per heavy atom. The maximum Gasteiger partial charge on any atom is 0.224 e. The largest absolute Gasteiger partial charge is 0.373 e. The molecule has 106 valence electrons. The van der Waals surface area contributed by atoms with E-state index in [0.717, 1.165) is 22.6 Å². The zero-order valence-electron chi connectivity index (χ0n) is 12.4. The molecule has 19 heavy (non-hydrogen) atoms. The first kappa shape index (κ1) is 15.4. The number of hydrogen-bond donors (Lipinski definition) is 2. The summed E-state index contributed by atoms with van der Waals surface area (Å²) in [5, 5.41) is 2.67. The number of nitrogens with zero attached hydrogens (tertiary/aromatic N) is 2. The number of carbonyl (C=O) groups excluding carboxylic acids is 1. The van der Waals surface area contributed by atoms with Gasteiger partial charge in [-0.05, 0) is 19.9 Å². The molecule has 1 unspecified atom stereocenters. The number of pyridine rings is 1. The van der Waals surface area contributed by atoms with Crippen molar-refractivity contribution in [2.45, 2.75) is 27.3 Å². The van der Waals surface area contributed by atoms with Crippen molar-refractivity contribution >= 4 is 11.6 Å². The lowest BCUT2D eigenvalue weighted by Gasteiger charge is -2.26. The van der Waals surface area contributed by atoms with Gasteiger partial charge in [0.15, 0.2) is 0 Å². The Hall–Kier alpha value is -1.62. The van der Waals surface area contributed by atoms with Crippen molar-refractivity contribution in [1.29, 1.82) is 0 Å². The minimum atomic E-state index is -0.0746. The van der Waals surface area contributed by atoms with E-state index >= 15 is 0 Å². The summed E-state index contributed by atoms with van der Waals surface area (Å²) in [5.74, 6) is -0.0296. The van der Waals surface area contributed by atoms with Gasteiger partial charge in [-0.15, -0.1) is 0 Å². The van der Waals surface area contributed by atoms with Gasteiger partial charge in [-0.3, -0.25) is 9.78 Å². The van der Waals surface area contributed by atoms with E-state index in [1.54, 1.807) is 7.05 Å². The molecular formula is C14H24N4O. The fraction of sp³-hybridized carbons (Fsp3) is 0.571. The Balaban J connectivity index is 2.99. The Labute approximate surface area is 115 Å². The molecule has 0 fully saturated rings. The third-order valence-corrected chi connectivity index (χ3v) is 3.29. The van der Waals surface area contributed by atoms with Crippen molar-refractivity contribution in [2.24, 2.45) is 11.7 Å². The summed E-state index contributed by atoms with van der Waals surface area (Å²) in [7, 11) is 3.64. The summed E-state index contributed by atoms with van der Waals surface area (Å²) >= 11 is 0. The van der Waals surface area contributed by atoms with Crippen LogP contribution < -0.4 is 16.0 Å². The van der Waals surface area contributed by atoms with Crippen LogP contribution in [0, 0.1) is 19.8 Å². The Morgan fingerprint density at radius 3 is 2.68 bits per heavy atom. The second-order valence-corrected chi connectivity index (χ2v) is 4.95. The van der Waals surface area contributed by atoms with Gasteiger partial charge >= 0.3 is 0 Å². The highest BCUT2D eigenvalue weighted by Gasteiger charge is 2.17. The number of aryl methyl sites for hydroxylation is 2. The van der Waals surface area contributed by atoms with Gasteiger partial charge in [0.05, 0.1) is 5.92 Å². The molecule has 1 rings (SSSR count). The first-order valence-electron chi connectivity index (χ1n) is 6.50. The van der Waals surface area contributed by atoms with Gasteiger partial charge in [0.2, 0.25) is 5.91 Å². The predicted molar refractivity (Wildman–Crippen MR) is 78.1 cm³/mol. The van der Waals surface area contributed by atoms with Crippen molar-refractivity contribution in [1.82, 2.24) is 10.3 Å². The van der Waals surface area contributed by atoms with Crippen LogP contribution in [0.3, 0.4) is 0 Å². The predicted octanol–water partition coefficient (Wildman–Crippen LogP) is 0.975. The molecule has 3 N–H and O–H groups in total. The summed E-state index contributed by atoms with van der Waals surface area (Å²) in [5.41, 5.74) is 9.83. The van der Waals surface area contributed by atoms with Gasteiger partial charge in [-0.1, -0.05) is 6.92 Å². The van der Waals surface area contributed by atoms with Crippen LogP contribution in [0.5, 0.6) is 0 Å². The molecule has 1 amide bonds. The fourth-order valence-electron chi connectivity index (χ4n) is 2.27. The summed E-state index contributed by atoms with van der Waals surface area (Å²) in [6.07, 6.45) is 0. The number of nitrogens with one attached hydrogen (secondary N) is 1. The molecular weight excluding hydrogens is 240 g/mol. The molecule has 5 nitrogen and oxygen atoms in total. The summed E-state index contributed by atoms with van der Waals surface area (Å²) in [4.78, 5) is 18.1. The Kier molecular flexibility index (Phi) is 5.30. The minimum Gasteiger partial charge on any atom is -0.373 e. The second kappa shape index (κ2) is 6.52. The summed E-state index contributed by atoms with van der Waals surface area (Å²) in [6, 6.07) is 2.02. The van der Waals surface area contributed by atoms with Crippen molar-refractivity contribution in [3.05, 3.63) is 23.0 Å². The highest BCUT2D eigenvalue weighted by molar-refractivity contribution is 5.78. The molecule has 0 bridgehead atoms.